The summed E-state index contributed by atoms with van der Waals surface area (Å²) in [6, 6.07) is 20.5. The number of esters is 1. The van der Waals surface area contributed by atoms with Crippen LogP contribution in [0.15, 0.2) is 72.3 Å². The van der Waals surface area contributed by atoms with Gasteiger partial charge in [0.05, 0.1) is 12.0 Å². The maximum Gasteiger partial charge on any atom is 0.303 e. The van der Waals surface area contributed by atoms with Gasteiger partial charge in [0, 0.05) is 32.5 Å². The zero-order chi connectivity index (χ0) is 26.4. The van der Waals surface area contributed by atoms with Crippen LogP contribution in [0.3, 0.4) is 0 Å². The minimum atomic E-state index is -1.10. The van der Waals surface area contributed by atoms with Crippen molar-refractivity contribution in [3.8, 4) is 5.75 Å². The number of hydrogen-bond donors (Lipinski definition) is 1. The number of nitrogens with zero attached hydrogens (tertiary/aromatic N) is 1. The van der Waals surface area contributed by atoms with E-state index in [1.54, 1.807) is 0 Å². The van der Waals surface area contributed by atoms with Crippen molar-refractivity contribution < 1.29 is 19.4 Å². The molecule has 0 saturated heterocycles. The molecule has 1 fully saturated rings. The number of rotatable bonds is 10. The first-order valence-electron chi connectivity index (χ1n) is 13.6. The van der Waals surface area contributed by atoms with Crippen molar-refractivity contribution >= 4 is 5.97 Å². The van der Waals surface area contributed by atoms with Gasteiger partial charge in [-0.15, -0.1) is 0 Å². The first-order valence-corrected chi connectivity index (χ1v) is 13.6. The highest BCUT2D eigenvalue weighted by Gasteiger charge is 2.53. The number of para-hydroxylation sites is 1. The summed E-state index contributed by atoms with van der Waals surface area (Å²) >= 11 is 0. The molecule has 0 aliphatic heterocycles. The van der Waals surface area contributed by atoms with Gasteiger partial charge in [-0.3, -0.25) is 9.69 Å². The van der Waals surface area contributed by atoms with Gasteiger partial charge in [0.25, 0.3) is 0 Å². The van der Waals surface area contributed by atoms with Crippen LogP contribution in [-0.4, -0.2) is 47.4 Å². The SMILES string of the molecule is CC(=O)O[C@@H]1[C][C@@]2(O)[C@H](C)CC[C@@H]([C@H](C)CN(CCOc3ccccc3)Cc3ccccc3)[C@H]2C=C1C. The van der Waals surface area contributed by atoms with Gasteiger partial charge in [-0.2, -0.15) is 0 Å². The van der Waals surface area contributed by atoms with E-state index < -0.39 is 11.7 Å². The first-order chi connectivity index (χ1) is 17.8. The Morgan fingerprint density at radius 1 is 1.14 bits per heavy atom. The van der Waals surface area contributed by atoms with E-state index in [2.05, 4.69) is 55.5 Å². The maximum absolute atomic E-state index is 11.8. The van der Waals surface area contributed by atoms with Crippen molar-refractivity contribution in [3.05, 3.63) is 84.3 Å². The molecule has 2 aliphatic rings. The highest BCUT2D eigenvalue weighted by atomic mass is 16.5. The standard InChI is InChI=1S/C32H41NO4/c1-23-19-30-29(16-15-25(3)32(30,35)20-31(23)37-26(4)34)24(2)21-33(22-27-11-7-5-8-12-27)17-18-36-28-13-9-6-10-14-28/h5-14,19,24-25,29-31,35H,15-18,21-22H2,1-4H3/t24-,25-,29+,30-,31-,32-/m1/s1. The van der Waals surface area contributed by atoms with Gasteiger partial charge in [-0.1, -0.05) is 68.5 Å². The van der Waals surface area contributed by atoms with Gasteiger partial charge in [0.1, 0.15) is 18.5 Å². The lowest BCUT2D eigenvalue weighted by Crippen LogP contribution is -2.56. The third kappa shape index (κ3) is 6.82. The molecule has 6 atom stereocenters. The molecule has 2 aromatic rings. The monoisotopic (exact) mass is 503 g/mol. The highest BCUT2D eigenvalue weighted by Crippen LogP contribution is 2.50. The fourth-order valence-corrected chi connectivity index (χ4v) is 6.04. The van der Waals surface area contributed by atoms with E-state index in [1.807, 2.05) is 43.3 Å². The van der Waals surface area contributed by atoms with E-state index in [9.17, 15) is 9.90 Å². The number of carbonyl (C=O) groups excluding carboxylic acids is 1. The lowest BCUT2D eigenvalue weighted by molar-refractivity contribution is -0.148. The van der Waals surface area contributed by atoms with E-state index >= 15 is 0 Å². The Morgan fingerprint density at radius 3 is 2.49 bits per heavy atom. The highest BCUT2D eigenvalue weighted by molar-refractivity contribution is 5.66. The number of hydrogen-bond acceptors (Lipinski definition) is 5. The molecule has 2 radical (unpaired) electrons. The van der Waals surface area contributed by atoms with E-state index in [0.29, 0.717) is 18.4 Å². The minimum absolute atomic E-state index is 0.0443. The van der Waals surface area contributed by atoms with Crippen LogP contribution in [0.2, 0.25) is 0 Å². The molecular weight excluding hydrogens is 462 g/mol. The summed E-state index contributed by atoms with van der Waals surface area (Å²) < 4.78 is 11.5. The predicted molar refractivity (Wildman–Crippen MR) is 146 cm³/mol. The normalized spacial score (nSPS) is 28.2. The molecule has 5 heteroatoms. The average molecular weight is 504 g/mol. The number of benzene rings is 2. The number of fused-ring (bicyclic) bond motifs is 1. The Bertz CT molecular complexity index is 1040. The fraction of sp³-hybridized carbons (Fsp3) is 0.500. The van der Waals surface area contributed by atoms with Crippen molar-refractivity contribution in [2.45, 2.75) is 58.8 Å². The van der Waals surface area contributed by atoms with E-state index in [0.717, 1.165) is 43.8 Å². The molecule has 4 rings (SSSR count). The van der Waals surface area contributed by atoms with Crippen LogP contribution in [0.4, 0.5) is 0 Å². The van der Waals surface area contributed by atoms with Gasteiger partial charge >= 0.3 is 5.97 Å². The average Bonchev–Trinajstić information content (AvgIpc) is 2.87. The van der Waals surface area contributed by atoms with E-state index in [-0.39, 0.29) is 17.8 Å². The lowest BCUT2D eigenvalue weighted by Gasteiger charge is -2.52. The molecule has 37 heavy (non-hydrogen) atoms. The molecule has 0 aromatic heterocycles. The van der Waals surface area contributed by atoms with Crippen molar-refractivity contribution in [1.82, 2.24) is 4.90 Å². The van der Waals surface area contributed by atoms with Crippen LogP contribution in [0.5, 0.6) is 5.75 Å². The molecule has 1 N–H and O–H groups in total. The quantitative estimate of drug-likeness (QED) is 0.339. The zero-order valence-electron chi connectivity index (χ0n) is 22.6. The second kappa shape index (κ2) is 12.3. The summed E-state index contributed by atoms with van der Waals surface area (Å²) in [5.41, 5.74) is 1.13. The molecule has 1 saturated carbocycles. The van der Waals surface area contributed by atoms with Gasteiger partial charge in [-0.05, 0) is 60.8 Å². The van der Waals surface area contributed by atoms with Crippen LogP contribution < -0.4 is 4.74 Å². The first kappa shape index (κ1) is 27.4. The molecule has 0 heterocycles. The van der Waals surface area contributed by atoms with Crippen molar-refractivity contribution in [3.63, 3.8) is 0 Å². The van der Waals surface area contributed by atoms with Crippen molar-refractivity contribution in [1.29, 1.82) is 0 Å². The van der Waals surface area contributed by atoms with Crippen molar-refractivity contribution in [2.75, 3.05) is 19.7 Å². The van der Waals surface area contributed by atoms with Gasteiger partial charge < -0.3 is 14.6 Å². The molecule has 5 nitrogen and oxygen atoms in total. The van der Waals surface area contributed by atoms with Crippen LogP contribution in [0, 0.1) is 30.1 Å². The summed E-state index contributed by atoms with van der Waals surface area (Å²) in [4.78, 5) is 14.1. The second-order valence-electron chi connectivity index (χ2n) is 10.9. The molecule has 198 valence electrons. The predicted octanol–water partition coefficient (Wildman–Crippen LogP) is 5.57. The Balaban J connectivity index is 1.48. The molecule has 2 aliphatic carbocycles. The second-order valence-corrected chi connectivity index (χ2v) is 10.9. The van der Waals surface area contributed by atoms with Gasteiger partial charge in [-0.25, -0.2) is 0 Å². The van der Waals surface area contributed by atoms with Crippen LogP contribution in [0.1, 0.15) is 46.1 Å². The Labute approximate surface area is 222 Å². The summed E-state index contributed by atoms with van der Waals surface area (Å²) in [7, 11) is 0. The Morgan fingerprint density at radius 2 is 1.81 bits per heavy atom. The topological polar surface area (TPSA) is 59.0 Å². The van der Waals surface area contributed by atoms with E-state index in [4.69, 9.17) is 9.47 Å². The molecule has 2 aromatic carbocycles. The molecule has 0 spiro atoms. The Kier molecular flexibility index (Phi) is 9.09. The molecule has 0 bridgehead atoms. The van der Waals surface area contributed by atoms with Crippen molar-refractivity contribution in [2.24, 2.45) is 23.7 Å². The van der Waals surface area contributed by atoms with E-state index in [1.165, 1.54) is 12.5 Å². The van der Waals surface area contributed by atoms with Gasteiger partial charge in [0.15, 0.2) is 0 Å². The number of aliphatic hydroxyl groups is 1. The number of carbonyl (C=O) groups is 1. The smallest absolute Gasteiger partial charge is 0.303 e. The number of ether oxygens (including phenoxy) is 2. The lowest BCUT2D eigenvalue weighted by atomic mass is 9.57. The van der Waals surface area contributed by atoms with Crippen LogP contribution in [-0.2, 0) is 16.1 Å². The summed E-state index contributed by atoms with van der Waals surface area (Å²) in [5.74, 6) is 1.20. The fourth-order valence-electron chi connectivity index (χ4n) is 6.04. The minimum Gasteiger partial charge on any atom is -0.492 e. The summed E-state index contributed by atoms with van der Waals surface area (Å²) in [6.07, 6.45) is 6.85. The largest absolute Gasteiger partial charge is 0.492 e. The third-order valence-corrected chi connectivity index (χ3v) is 8.10. The third-order valence-electron chi connectivity index (χ3n) is 8.10. The maximum atomic E-state index is 11.8. The molecule has 0 unspecified atom stereocenters. The summed E-state index contributed by atoms with van der Waals surface area (Å²) in [5, 5.41) is 11.8. The van der Waals surface area contributed by atoms with Crippen LogP contribution in [0.25, 0.3) is 0 Å². The van der Waals surface area contributed by atoms with Gasteiger partial charge in [0.2, 0.25) is 0 Å². The van der Waals surface area contributed by atoms with Crippen LogP contribution >= 0.6 is 0 Å². The summed E-state index contributed by atoms with van der Waals surface area (Å²) in [6.45, 7) is 11.0. The Hall–Kier alpha value is -2.63. The zero-order valence-corrected chi connectivity index (χ0v) is 22.6. The molecular formula is C32H41NO4. The molecule has 0 amide bonds.